The van der Waals surface area contributed by atoms with E-state index in [0.717, 1.165) is 12.8 Å². The van der Waals surface area contributed by atoms with Crippen molar-refractivity contribution >= 4 is 6.09 Å². The van der Waals surface area contributed by atoms with Crippen LogP contribution in [0.25, 0.3) is 0 Å². The normalized spacial score (nSPS) is 12.7. The summed E-state index contributed by atoms with van der Waals surface area (Å²) in [4.78, 5) is 11.1. The number of carbonyl (C=O) groups is 1. The predicted octanol–water partition coefficient (Wildman–Crippen LogP) is 3.51. The van der Waals surface area contributed by atoms with Crippen molar-refractivity contribution in [3.05, 3.63) is 12.2 Å². The lowest BCUT2D eigenvalue weighted by Gasteiger charge is -2.15. The first kappa shape index (κ1) is 15.0. The van der Waals surface area contributed by atoms with E-state index in [4.69, 9.17) is 4.74 Å². The number of ether oxygens (including phenoxy) is 1. The number of rotatable bonds is 8. The summed E-state index contributed by atoms with van der Waals surface area (Å²) in [6, 6.07) is 0. The predicted molar refractivity (Wildman–Crippen MR) is 67.5 cm³/mol. The Bertz CT molecular complexity index is 202. The second kappa shape index (κ2) is 10.5. The number of hydrogen-bond donors (Lipinski definition) is 1. The first-order valence-corrected chi connectivity index (χ1v) is 6.26. The molecule has 0 radical (unpaired) electrons. The number of carbonyl (C=O) groups excluding carboxylic acids is 1. The molecule has 0 aliphatic rings. The van der Waals surface area contributed by atoms with Crippen molar-refractivity contribution < 1.29 is 9.53 Å². The molecule has 0 aromatic heterocycles. The lowest BCUT2D eigenvalue weighted by Crippen LogP contribution is -2.29. The van der Waals surface area contributed by atoms with Gasteiger partial charge in [-0.1, -0.05) is 31.9 Å². The molecule has 0 spiro atoms. The molecule has 94 valence electrons. The zero-order valence-corrected chi connectivity index (χ0v) is 10.8. The van der Waals surface area contributed by atoms with Crippen LogP contribution in [-0.2, 0) is 4.74 Å². The van der Waals surface area contributed by atoms with Gasteiger partial charge in [-0.25, -0.2) is 4.79 Å². The van der Waals surface area contributed by atoms with Crippen LogP contribution in [0.5, 0.6) is 0 Å². The summed E-state index contributed by atoms with van der Waals surface area (Å²) < 4.78 is 4.83. The van der Waals surface area contributed by atoms with E-state index >= 15 is 0 Å². The monoisotopic (exact) mass is 227 g/mol. The molecule has 0 saturated carbocycles. The van der Waals surface area contributed by atoms with Crippen LogP contribution in [0, 0.1) is 5.92 Å². The van der Waals surface area contributed by atoms with Crippen LogP contribution in [0.2, 0.25) is 0 Å². The maximum Gasteiger partial charge on any atom is 0.407 e. The zero-order valence-electron chi connectivity index (χ0n) is 10.8. The number of allylic oxidation sites excluding steroid dienone is 2. The van der Waals surface area contributed by atoms with Gasteiger partial charge in [0.15, 0.2) is 0 Å². The van der Waals surface area contributed by atoms with E-state index in [9.17, 15) is 4.79 Å². The van der Waals surface area contributed by atoms with Gasteiger partial charge in [0.2, 0.25) is 0 Å². The van der Waals surface area contributed by atoms with Gasteiger partial charge in [-0.3, -0.25) is 0 Å². The summed E-state index contributed by atoms with van der Waals surface area (Å²) in [5.41, 5.74) is 0. The van der Waals surface area contributed by atoms with Gasteiger partial charge in [0.25, 0.3) is 0 Å². The summed E-state index contributed by atoms with van der Waals surface area (Å²) in [5.74, 6) is 0.528. The van der Waals surface area contributed by atoms with Crippen LogP contribution in [0.4, 0.5) is 4.79 Å². The largest absolute Gasteiger partial charge is 0.450 e. The topological polar surface area (TPSA) is 38.3 Å². The van der Waals surface area contributed by atoms with Gasteiger partial charge in [0.05, 0.1) is 6.61 Å². The smallest absolute Gasteiger partial charge is 0.407 e. The summed E-state index contributed by atoms with van der Waals surface area (Å²) in [5, 5.41) is 2.81. The Kier molecular flexibility index (Phi) is 9.87. The Hall–Kier alpha value is -0.990. The van der Waals surface area contributed by atoms with E-state index in [-0.39, 0.29) is 6.09 Å². The minimum Gasteiger partial charge on any atom is -0.450 e. The van der Waals surface area contributed by atoms with Crippen molar-refractivity contribution in [1.29, 1.82) is 0 Å². The molecule has 0 aromatic rings. The van der Waals surface area contributed by atoms with Crippen molar-refractivity contribution in [3.63, 3.8) is 0 Å². The summed E-state index contributed by atoms with van der Waals surface area (Å²) >= 11 is 0. The maximum absolute atomic E-state index is 11.1. The summed E-state index contributed by atoms with van der Waals surface area (Å²) in [6.07, 6.45) is 8.52. The fourth-order valence-corrected chi connectivity index (χ4v) is 1.53. The fraction of sp³-hybridized carbons (Fsp3) is 0.769. The number of nitrogens with one attached hydrogen (secondary N) is 1. The fourth-order valence-electron chi connectivity index (χ4n) is 1.53. The molecule has 0 aromatic carbocycles. The van der Waals surface area contributed by atoms with Gasteiger partial charge in [-0.15, -0.1) is 0 Å². The third-order valence-electron chi connectivity index (χ3n) is 2.48. The molecular formula is C13H25NO2. The Balaban J connectivity index is 3.84. The molecule has 1 amide bonds. The van der Waals surface area contributed by atoms with E-state index in [2.05, 4.69) is 24.4 Å². The van der Waals surface area contributed by atoms with Crippen molar-refractivity contribution in [3.8, 4) is 0 Å². The van der Waals surface area contributed by atoms with Gasteiger partial charge >= 0.3 is 6.09 Å². The number of alkyl carbamates (subject to hydrolysis) is 1. The van der Waals surface area contributed by atoms with Gasteiger partial charge in [0, 0.05) is 6.54 Å². The molecule has 0 fully saturated rings. The molecule has 0 aliphatic carbocycles. The first-order chi connectivity index (χ1) is 7.74. The lowest BCUT2D eigenvalue weighted by atomic mass is 9.98. The molecule has 0 bridgehead atoms. The van der Waals surface area contributed by atoms with Crippen molar-refractivity contribution in [2.45, 2.75) is 46.5 Å². The van der Waals surface area contributed by atoms with Gasteiger partial charge in [-0.2, -0.15) is 0 Å². The van der Waals surface area contributed by atoms with Crippen LogP contribution in [0.3, 0.4) is 0 Å². The Labute approximate surface area is 99.3 Å². The van der Waals surface area contributed by atoms with Gasteiger partial charge in [0.1, 0.15) is 0 Å². The average molecular weight is 227 g/mol. The van der Waals surface area contributed by atoms with Crippen LogP contribution >= 0.6 is 0 Å². The quantitative estimate of drug-likeness (QED) is 0.644. The minimum absolute atomic E-state index is 0.301. The molecule has 1 atom stereocenters. The number of amides is 1. The third-order valence-corrected chi connectivity index (χ3v) is 2.48. The molecule has 1 N–H and O–H groups in total. The molecule has 3 heteroatoms. The van der Waals surface area contributed by atoms with Crippen molar-refractivity contribution in [2.24, 2.45) is 5.92 Å². The van der Waals surface area contributed by atoms with E-state index in [1.807, 2.05) is 13.8 Å². The molecule has 0 aliphatic heterocycles. The zero-order chi connectivity index (χ0) is 12.2. The average Bonchev–Trinajstić information content (AvgIpc) is 2.28. The number of hydrogen-bond acceptors (Lipinski definition) is 2. The molecule has 0 heterocycles. The van der Waals surface area contributed by atoms with Gasteiger partial charge < -0.3 is 10.1 Å². The standard InChI is InChI=1S/C13H25NO2/c1-4-7-9-12(10-8-5-2)11-14-13(15)16-6-3/h4,7,12H,5-6,8-11H2,1-3H3,(H,14,15). The molecule has 3 nitrogen and oxygen atoms in total. The van der Waals surface area contributed by atoms with E-state index < -0.39 is 0 Å². The highest BCUT2D eigenvalue weighted by molar-refractivity contribution is 5.66. The summed E-state index contributed by atoms with van der Waals surface area (Å²) in [7, 11) is 0. The molecule has 0 rings (SSSR count). The molecule has 16 heavy (non-hydrogen) atoms. The maximum atomic E-state index is 11.1. The molecule has 1 unspecified atom stereocenters. The Morgan fingerprint density at radius 2 is 2.19 bits per heavy atom. The Morgan fingerprint density at radius 1 is 1.44 bits per heavy atom. The third kappa shape index (κ3) is 8.33. The van der Waals surface area contributed by atoms with Crippen LogP contribution in [-0.4, -0.2) is 19.2 Å². The van der Waals surface area contributed by atoms with Crippen molar-refractivity contribution in [1.82, 2.24) is 5.32 Å². The summed E-state index contributed by atoms with van der Waals surface area (Å²) in [6.45, 7) is 7.17. The minimum atomic E-state index is -0.301. The molecule has 0 saturated heterocycles. The SMILES string of the molecule is CC=CCC(CCCC)CNC(=O)OCC. The second-order valence-corrected chi connectivity index (χ2v) is 3.91. The van der Waals surface area contributed by atoms with Crippen molar-refractivity contribution in [2.75, 3.05) is 13.2 Å². The second-order valence-electron chi connectivity index (χ2n) is 3.91. The van der Waals surface area contributed by atoms with Crippen LogP contribution < -0.4 is 5.32 Å². The number of unbranched alkanes of at least 4 members (excludes halogenated alkanes) is 1. The molecular weight excluding hydrogens is 202 g/mol. The van der Waals surface area contributed by atoms with E-state index in [1.165, 1.54) is 12.8 Å². The highest BCUT2D eigenvalue weighted by Gasteiger charge is 2.08. The first-order valence-electron chi connectivity index (χ1n) is 6.26. The van der Waals surface area contributed by atoms with E-state index in [0.29, 0.717) is 19.1 Å². The van der Waals surface area contributed by atoms with Crippen LogP contribution in [0.15, 0.2) is 12.2 Å². The van der Waals surface area contributed by atoms with Gasteiger partial charge in [-0.05, 0) is 32.6 Å². The Morgan fingerprint density at radius 3 is 2.75 bits per heavy atom. The van der Waals surface area contributed by atoms with E-state index in [1.54, 1.807) is 0 Å². The van der Waals surface area contributed by atoms with Crippen LogP contribution in [0.1, 0.15) is 46.5 Å². The highest BCUT2D eigenvalue weighted by atomic mass is 16.5. The lowest BCUT2D eigenvalue weighted by molar-refractivity contribution is 0.150. The highest BCUT2D eigenvalue weighted by Crippen LogP contribution is 2.12.